The van der Waals surface area contributed by atoms with Gasteiger partial charge in [-0.15, -0.1) is 0 Å². The molecule has 1 aromatic heterocycles. The first-order valence-corrected chi connectivity index (χ1v) is 4.62. The van der Waals surface area contributed by atoms with E-state index in [0.717, 1.165) is 0 Å². The van der Waals surface area contributed by atoms with E-state index in [-0.39, 0.29) is 18.9 Å². The van der Waals surface area contributed by atoms with Crippen LogP contribution >= 0.6 is 0 Å². The zero-order valence-corrected chi connectivity index (χ0v) is 8.21. The molecule has 1 heterocycles. The van der Waals surface area contributed by atoms with Gasteiger partial charge in [0.25, 0.3) is 5.95 Å². The Balaban J connectivity index is 2.29. The molecule has 0 aromatic carbocycles. The van der Waals surface area contributed by atoms with Gasteiger partial charge in [-0.1, -0.05) is 0 Å². The molecule has 0 unspecified atom stereocenters. The van der Waals surface area contributed by atoms with Gasteiger partial charge in [0.1, 0.15) is 5.54 Å². The molecule has 17 heavy (non-hydrogen) atoms. The SMILES string of the molecule is Fc1cc(F)c(NC2(C(F)(F)F)CC2)nc1F. The van der Waals surface area contributed by atoms with Crippen LogP contribution in [0.2, 0.25) is 0 Å². The second kappa shape index (κ2) is 3.51. The predicted octanol–water partition coefficient (Wildman–Crippen LogP) is 3.01. The molecule has 2 rings (SSSR count). The van der Waals surface area contributed by atoms with Crippen LogP contribution in [-0.2, 0) is 0 Å². The normalized spacial score (nSPS) is 18.0. The van der Waals surface area contributed by atoms with Crippen molar-refractivity contribution in [2.45, 2.75) is 24.6 Å². The van der Waals surface area contributed by atoms with Gasteiger partial charge in [-0.25, -0.2) is 8.78 Å². The maximum Gasteiger partial charge on any atom is 0.411 e. The average molecular weight is 256 g/mol. The second-order valence-corrected chi connectivity index (χ2v) is 3.80. The number of aromatic nitrogens is 1. The Morgan fingerprint density at radius 2 is 1.71 bits per heavy atom. The van der Waals surface area contributed by atoms with Crippen molar-refractivity contribution in [1.29, 1.82) is 0 Å². The number of nitrogens with zero attached hydrogens (tertiary/aromatic N) is 1. The van der Waals surface area contributed by atoms with Gasteiger partial charge < -0.3 is 5.32 Å². The Bertz CT molecular complexity index is 452. The van der Waals surface area contributed by atoms with Gasteiger partial charge in [0.2, 0.25) is 0 Å². The highest BCUT2D eigenvalue weighted by Crippen LogP contribution is 2.51. The molecule has 8 heteroatoms. The zero-order valence-electron chi connectivity index (χ0n) is 8.21. The van der Waals surface area contributed by atoms with Crippen LogP contribution in [0.15, 0.2) is 6.07 Å². The van der Waals surface area contributed by atoms with Crippen molar-refractivity contribution in [3.8, 4) is 0 Å². The first-order valence-electron chi connectivity index (χ1n) is 4.62. The Kier molecular flexibility index (Phi) is 2.48. The first kappa shape index (κ1) is 12.0. The Hall–Kier alpha value is -1.47. The summed E-state index contributed by atoms with van der Waals surface area (Å²) in [7, 11) is 0. The summed E-state index contributed by atoms with van der Waals surface area (Å²) in [5, 5.41) is 1.79. The maximum absolute atomic E-state index is 13.1. The molecule has 0 saturated heterocycles. The highest BCUT2D eigenvalue weighted by atomic mass is 19.4. The summed E-state index contributed by atoms with van der Waals surface area (Å²) in [5.74, 6) is -5.49. The van der Waals surface area contributed by atoms with Crippen LogP contribution in [0.3, 0.4) is 0 Å². The van der Waals surface area contributed by atoms with Gasteiger partial charge in [0.15, 0.2) is 17.5 Å². The quantitative estimate of drug-likeness (QED) is 0.650. The molecule has 1 aliphatic rings. The lowest BCUT2D eigenvalue weighted by Crippen LogP contribution is -2.39. The van der Waals surface area contributed by atoms with E-state index in [1.165, 1.54) is 0 Å². The molecule has 1 N–H and O–H groups in total. The molecule has 1 aliphatic carbocycles. The van der Waals surface area contributed by atoms with Crippen molar-refractivity contribution in [1.82, 2.24) is 4.98 Å². The summed E-state index contributed by atoms with van der Waals surface area (Å²) < 4.78 is 75.8. The van der Waals surface area contributed by atoms with E-state index < -0.39 is 35.1 Å². The molecule has 0 bridgehead atoms. The molecule has 2 nitrogen and oxygen atoms in total. The van der Waals surface area contributed by atoms with E-state index in [9.17, 15) is 26.3 Å². The molecular weight excluding hydrogens is 250 g/mol. The fraction of sp³-hybridized carbons (Fsp3) is 0.444. The van der Waals surface area contributed by atoms with E-state index in [0.29, 0.717) is 0 Å². The number of alkyl halides is 3. The third kappa shape index (κ3) is 2.03. The van der Waals surface area contributed by atoms with E-state index >= 15 is 0 Å². The van der Waals surface area contributed by atoms with Crippen molar-refractivity contribution in [3.63, 3.8) is 0 Å². The summed E-state index contributed by atoms with van der Waals surface area (Å²) in [6.07, 6.45) is -5.10. The lowest BCUT2D eigenvalue weighted by atomic mass is 10.2. The molecular formula is C9H6F6N2. The van der Waals surface area contributed by atoms with Crippen LogP contribution in [-0.4, -0.2) is 16.7 Å². The lowest BCUT2D eigenvalue weighted by Gasteiger charge is -2.21. The summed E-state index contributed by atoms with van der Waals surface area (Å²) in [4.78, 5) is 2.78. The molecule has 1 saturated carbocycles. The topological polar surface area (TPSA) is 24.9 Å². The summed E-state index contributed by atoms with van der Waals surface area (Å²) in [6, 6.07) is 0.150. The first-order chi connectivity index (χ1) is 7.75. The molecule has 0 spiro atoms. The molecule has 0 radical (unpaired) electrons. The average Bonchev–Trinajstić information content (AvgIpc) is 2.94. The van der Waals surface area contributed by atoms with E-state index in [4.69, 9.17) is 0 Å². The number of hydrogen-bond donors (Lipinski definition) is 1. The summed E-state index contributed by atoms with van der Waals surface area (Å²) in [6.45, 7) is 0. The van der Waals surface area contributed by atoms with Gasteiger partial charge in [0, 0.05) is 6.07 Å². The van der Waals surface area contributed by atoms with Crippen molar-refractivity contribution in [2.24, 2.45) is 0 Å². The minimum Gasteiger partial charge on any atom is -0.354 e. The van der Waals surface area contributed by atoms with Gasteiger partial charge in [-0.2, -0.15) is 22.5 Å². The summed E-state index contributed by atoms with van der Waals surface area (Å²) in [5.41, 5.74) is -2.27. The maximum atomic E-state index is 13.1. The number of rotatable bonds is 2. The largest absolute Gasteiger partial charge is 0.411 e. The monoisotopic (exact) mass is 256 g/mol. The van der Waals surface area contributed by atoms with Gasteiger partial charge in [-0.3, -0.25) is 0 Å². The number of pyridine rings is 1. The number of anilines is 1. The molecule has 0 atom stereocenters. The minimum absolute atomic E-state index is 0.150. The fourth-order valence-corrected chi connectivity index (χ4v) is 1.36. The Morgan fingerprint density at radius 3 is 2.18 bits per heavy atom. The Labute approximate surface area is 91.6 Å². The van der Waals surface area contributed by atoms with Crippen LogP contribution in [0.25, 0.3) is 0 Å². The van der Waals surface area contributed by atoms with Gasteiger partial charge in [0.05, 0.1) is 0 Å². The minimum atomic E-state index is -4.59. The summed E-state index contributed by atoms with van der Waals surface area (Å²) >= 11 is 0. The van der Waals surface area contributed by atoms with Gasteiger partial charge >= 0.3 is 6.18 Å². The van der Waals surface area contributed by atoms with Crippen LogP contribution in [0.5, 0.6) is 0 Å². The highest BCUT2D eigenvalue weighted by Gasteiger charge is 2.64. The predicted molar refractivity (Wildman–Crippen MR) is 45.8 cm³/mol. The molecule has 0 amide bonds. The number of nitrogens with one attached hydrogen (secondary N) is 1. The Morgan fingerprint density at radius 1 is 1.12 bits per heavy atom. The third-order valence-electron chi connectivity index (χ3n) is 2.54. The van der Waals surface area contributed by atoms with Crippen molar-refractivity contribution in [2.75, 3.05) is 5.32 Å². The highest BCUT2D eigenvalue weighted by molar-refractivity contribution is 5.43. The van der Waals surface area contributed by atoms with Crippen LogP contribution in [0.4, 0.5) is 32.2 Å². The molecule has 1 fully saturated rings. The lowest BCUT2D eigenvalue weighted by molar-refractivity contribution is -0.151. The molecule has 1 aromatic rings. The standard InChI is InChI=1S/C9H6F6N2/c10-4-3-5(11)7(16-6(4)12)17-8(1-2-8)9(13,14)15/h3H,1-2H2,(H,16,17). The second-order valence-electron chi connectivity index (χ2n) is 3.80. The molecule has 0 aliphatic heterocycles. The van der Waals surface area contributed by atoms with Crippen molar-refractivity contribution < 1.29 is 26.3 Å². The van der Waals surface area contributed by atoms with E-state index in [1.54, 1.807) is 5.32 Å². The zero-order chi connectivity index (χ0) is 12.8. The van der Waals surface area contributed by atoms with Gasteiger partial charge in [-0.05, 0) is 12.8 Å². The van der Waals surface area contributed by atoms with Crippen molar-refractivity contribution >= 4 is 5.82 Å². The van der Waals surface area contributed by atoms with Crippen molar-refractivity contribution in [3.05, 3.63) is 23.6 Å². The smallest absolute Gasteiger partial charge is 0.354 e. The molecule has 94 valence electrons. The van der Waals surface area contributed by atoms with E-state index in [2.05, 4.69) is 4.98 Å². The number of halogens is 6. The van der Waals surface area contributed by atoms with Crippen LogP contribution < -0.4 is 5.32 Å². The van der Waals surface area contributed by atoms with Crippen LogP contribution in [0, 0.1) is 17.6 Å². The fourth-order valence-electron chi connectivity index (χ4n) is 1.36. The third-order valence-corrected chi connectivity index (χ3v) is 2.54. The van der Waals surface area contributed by atoms with E-state index in [1.807, 2.05) is 0 Å². The van der Waals surface area contributed by atoms with Crippen LogP contribution in [0.1, 0.15) is 12.8 Å². The number of hydrogen-bond acceptors (Lipinski definition) is 2.